The molecule has 0 spiro atoms. The lowest BCUT2D eigenvalue weighted by atomic mass is 9.97. The van der Waals surface area contributed by atoms with E-state index in [9.17, 15) is 9.18 Å². The lowest BCUT2D eigenvalue weighted by Crippen LogP contribution is -2.44. The molecular formula is C17H25FN2O. The zero-order valence-electron chi connectivity index (χ0n) is 12.9. The van der Waals surface area contributed by atoms with Crippen LogP contribution in [0.25, 0.3) is 0 Å². The van der Waals surface area contributed by atoms with Crippen molar-refractivity contribution in [3.63, 3.8) is 0 Å². The normalized spacial score (nSPS) is 19.0. The molecule has 2 rings (SSSR count). The van der Waals surface area contributed by atoms with Crippen molar-refractivity contribution in [1.82, 2.24) is 10.2 Å². The largest absolute Gasteiger partial charge is 0.342 e. The van der Waals surface area contributed by atoms with Gasteiger partial charge in [0.2, 0.25) is 5.91 Å². The zero-order chi connectivity index (χ0) is 15.2. The maximum absolute atomic E-state index is 13.6. The van der Waals surface area contributed by atoms with Crippen LogP contribution in [0.15, 0.2) is 24.3 Å². The van der Waals surface area contributed by atoms with Crippen molar-refractivity contribution in [3.05, 3.63) is 35.6 Å². The van der Waals surface area contributed by atoms with Crippen LogP contribution in [0.1, 0.15) is 32.3 Å². The van der Waals surface area contributed by atoms with Gasteiger partial charge in [0.1, 0.15) is 5.82 Å². The molecule has 116 valence electrons. The highest BCUT2D eigenvalue weighted by atomic mass is 19.1. The molecule has 1 unspecified atom stereocenters. The molecule has 1 heterocycles. The van der Waals surface area contributed by atoms with Gasteiger partial charge in [0, 0.05) is 19.1 Å². The van der Waals surface area contributed by atoms with Crippen molar-refractivity contribution in [2.75, 3.05) is 19.6 Å². The predicted octanol–water partition coefficient (Wildman–Crippen LogP) is 2.60. The van der Waals surface area contributed by atoms with Crippen LogP contribution >= 0.6 is 0 Å². The quantitative estimate of drug-likeness (QED) is 0.905. The van der Waals surface area contributed by atoms with Crippen molar-refractivity contribution >= 4 is 5.91 Å². The number of hydrogen-bond donors (Lipinski definition) is 1. The van der Waals surface area contributed by atoms with Crippen LogP contribution in [0.3, 0.4) is 0 Å². The first-order chi connectivity index (χ1) is 10.1. The van der Waals surface area contributed by atoms with Gasteiger partial charge in [-0.2, -0.15) is 0 Å². The molecule has 0 saturated carbocycles. The van der Waals surface area contributed by atoms with Crippen molar-refractivity contribution in [2.24, 2.45) is 5.92 Å². The Hall–Kier alpha value is -1.42. The molecule has 1 N–H and O–H groups in total. The van der Waals surface area contributed by atoms with E-state index in [1.165, 1.54) is 6.07 Å². The summed E-state index contributed by atoms with van der Waals surface area (Å²) in [4.78, 5) is 14.2. The van der Waals surface area contributed by atoms with Gasteiger partial charge in [-0.25, -0.2) is 4.39 Å². The van der Waals surface area contributed by atoms with Crippen LogP contribution in [0.4, 0.5) is 4.39 Å². The molecule has 0 bridgehead atoms. The Balaban J connectivity index is 1.88. The van der Waals surface area contributed by atoms with Crippen LogP contribution in [0.5, 0.6) is 0 Å². The molecule has 1 aromatic carbocycles. The van der Waals surface area contributed by atoms with Gasteiger partial charge in [0.15, 0.2) is 0 Å². The summed E-state index contributed by atoms with van der Waals surface area (Å²) in [6.07, 6.45) is 2.35. The molecule has 0 aromatic heterocycles. The van der Waals surface area contributed by atoms with Gasteiger partial charge in [0.25, 0.3) is 0 Å². The lowest BCUT2D eigenvalue weighted by molar-refractivity contribution is -0.132. The summed E-state index contributed by atoms with van der Waals surface area (Å²) in [6, 6.07) is 6.99. The number of halogens is 1. The summed E-state index contributed by atoms with van der Waals surface area (Å²) < 4.78 is 13.6. The number of carbonyl (C=O) groups excluding carboxylic acids is 1. The van der Waals surface area contributed by atoms with E-state index < -0.39 is 0 Å². The third kappa shape index (κ3) is 4.81. The summed E-state index contributed by atoms with van der Waals surface area (Å²) in [6.45, 7) is 6.79. The maximum atomic E-state index is 13.6. The lowest BCUT2D eigenvalue weighted by Gasteiger charge is -2.33. The fourth-order valence-electron chi connectivity index (χ4n) is 2.78. The second-order valence-corrected chi connectivity index (χ2v) is 6.18. The molecular weight excluding hydrogens is 267 g/mol. The summed E-state index contributed by atoms with van der Waals surface area (Å²) in [7, 11) is 0. The first kappa shape index (κ1) is 16.0. The topological polar surface area (TPSA) is 32.3 Å². The van der Waals surface area contributed by atoms with Gasteiger partial charge in [-0.1, -0.05) is 32.0 Å². The number of carbonyl (C=O) groups is 1. The molecule has 21 heavy (non-hydrogen) atoms. The van der Waals surface area contributed by atoms with E-state index in [4.69, 9.17) is 0 Å². The van der Waals surface area contributed by atoms with Crippen LogP contribution < -0.4 is 5.32 Å². The Morgan fingerprint density at radius 3 is 2.90 bits per heavy atom. The molecule has 4 heteroatoms. The number of nitrogens with one attached hydrogen (secondary N) is 1. The first-order valence-corrected chi connectivity index (χ1v) is 7.81. The molecule has 1 aromatic rings. The van der Waals surface area contributed by atoms with E-state index in [1.54, 1.807) is 18.2 Å². The SMILES string of the molecule is CC(C)NCC1CCCN(C(=O)Cc2ccccc2F)C1. The summed E-state index contributed by atoms with van der Waals surface area (Å²) in [5.41, 5.74) is 0.491. The van der Waals surface area contributed by atoms with E-state index in [0.29, 0.717) is 17.5 Å². The monoisotopic (exact) mass is 292 g/mol. The molecule has 3 nitrogen and oxygen atoms in total. The number of likely N-dealkylation sites (tertiary alicyclic amines) is 1. The second kappa shape index (κ2) is 7.55. The van der Waals surface area contributed by atoms with Gasteiger partial charge in [-0.15, -0.1) is 0 Å². The Labute approximate surface area is 126 Å². The Morgan fingerprint density at radius 2 is 2.19 bits per heavy atom. The molecule has 1 saturated heterocycles. The predicted molar refractivity (Wildman–Crippen MR) is 82.5 cm³/mol. The number of nitrogens with zero attached hydrogens (tertiary/aromatic N) is 1. The molecule has 1 amide bonds. The van der Waals surface area contributed by atoms with Crippen LogP contribution in [-0.4, -0.2) is 36.5 Å². The Morgan fingerprint density at radius 1 is 1.43 bits per heavy atom. The molecule has 0 radical (unpaired) electrons. The molecule has 1 atom stereocenters. The summed E-state index contributed by atoms with van der Waals surface area (Å²) >= 11 is 0. The van der Waals surface area contributed by atoms with Gasteiger partial charge in [-0.05, 0) is 36.9 Å². The number of hydrogen-bond acceptors (Lipinski definition) is 2. The van der Waals surface area contributed by atoms with Gasteiger partial charge in [0.05, 0.1) is 6.42 Å². The van der Waals surface area contributed by atoms with Crippen molar-refractivity contribution in [2.45, 2.75) is 39.2 Å². The number of piperidine rings is 1. The molecule has 1 fully saturated rings. The van der Waals surface area contributed by atoms with Gasteiger partial charge in [-0.3, -0.25) is 4.79 Å². The average Bonchev–Trinajstić information content (AvgIpc) is 2.48. The fraction of sp³-hybridized carbons (Fsp3) is 0.588. The molecule has 1 aliphatic heterocycles. The third-order valence-electron chi connectivity index (χ3n) is 3.99. The van der Waals surface area contributed by atoms with E-state index in [1.807, 2.05) is 4.90 Å². The minimum absolute atomic E-state index is 0.0364. The summed E-state index contributed by atoms with van der Waals surface area (Å²) in [5, 5.41) is 3.44. The van der Waals surface area contributed by atoms with E-state index in [0.717, 1.165) is 32.5 Å². The third-order valence-corrected chi connectivity index (χ3v) is 3.99. The minimum atomic E-state index is -0.291. The van der Waals surface area contributed by atoms with E-state index in [-0.39, 0.29) is 18.1 Å². The van der Waals surface area contributed by atoms with Crippen molar-refractivity contribution in [3.8, 4) is 0 Å². The second-order valence-electron chi connectivity index (χ2n) is 6.18. The van der Waals surface area contributed by atoms with Gasteiger partial charge >= 0.3 is 0 Å². The van der Waals surface area contributed by atoms with Crippen molar-refractivity contribution < 1.29 is 9.18 Å². The van der Waals surface area contributed by atoms with Crippen LogP contribution in [0.2, 0.25) is 0 Å². The number of amides is 1. The van der Waals surface area contributed by atoms with E-state index >= 15 is 0 Å². The highest BCUT2D eigenvalue weighted by Gasteiger charge is 2.24. The standard InChI is InChI=1S/C17H25FN2O/c1-13(2)19-11-14-6-5-9-20(12-14)17(21)10-15-7-3-4-8-16(15)18/h3-4,7-8,13-14,19H,5-6,9-12H2,1-2H3. The van der Waals surface area contributed by atoms with Crippen LogP contribution in [-0.2, 0) is 11.2 Å². The molecule has 0 aliphatic carbocycles. The Kier molecular flexibility index (Phi) is 5.74. The van der Waals surface area contributed by atoms with Crippen LogP contribution in [0, 0.1) is 11.7 Å². The highest BCUT2D eigenvalue weighted by molar-refractivity contribution is 5.78. The Bertz CT molecular complexity index is 476. The minimum Gasteiger partial charge on any atom is -0.342 e. The van der Waals surface area contributed by atoms with E-state index in [2.05, 4.69) is 19.2 Å². The number of benzene rings is 1. The maximum Gasteiger partial charge on any atom is 0.227 e. The van der Waals surface area contributed by atoms with Gasteiger partial charge < -0.3 is 10.2 Å². The smallest absolute Gasteiger partial charge is 0.227 e. The average molecular weight is 292 g/mol. The molecule has 1 aliphatic rings. The number of rotatable bonds is 5. The first-order valence-electron chi connectivity index (χ1n) is 7.81. The summed E-state index contributed by atoms with van der Waals surface area (Å²) in [5.74, 6) is 0.251. The zero-order valence-corrected chi connectivity index (χ0v) is 12.9. The highest BCUT2D eigenvalue weighted by Crippen LogP contribution is 2.18. The fourth-order valence-corrected chi connectivity index (χ4v) is 2.78. The van der Waals surface area contributed by atoms with Crippen molar-refractivity contribution in [1.29, 1.82) is 0 Å².